The molecule has 0 fully saturated rings. The van der Waals surface area contributed by atoms with Crippen molar-refractivity contribution >= 4 is 28.3 Å². The van der Waals surface area contributed by atoms with E-state index in [1.54, 1.807) is 24.2 Å². The molecule has 0 spiro atoms. The van der Waals surface area contributed by atoms with Crippen LogP contribution in [0.3, 0.4) is 0 Å². The number of aromatic amines is 1. The zero-order valence-corrected chi connectivity index (χ0v) is 16.7. The minimum absolute atomic E-state index is 0.0263. The minimum Gasteiger partial charge on any atom is -0.368 e. The highest BCUT2D eigenvalue weighted by Crippen LogP contribution is 2.30. The van der Waals surface area contributed by atoms with Gasteiger partial charge in [-0.2, -0.15) is 0 Å². The van der Waals surface area contributed by atoms with E-state index >= 15 is 0 Å². The number of pyridine rings is 1. The third-order valence-corrected chi connectivity index (χ3v) is 4.95. The maximum absolute atomic E-state index is 12.5. The van der Waals surface area contributed by atoms with Crippen molar-refractivity contribution in [1.29, 1.82) is 0 Å². The third kappa shape index (κ3) is 4.29. The summed E-state index contributed by atoms with van der Waals surface area (Å²) in [6.07, 6.45) is 1.73. The number of aromatic nitrogens is 1. The largest absolute Gasteiger partial charge is 0.368 e. The van der Waals surface area contributed by atoms with Crippen molar-refractivity contribution in [3.05, 3.63) is 64.6 Å². The number of anilines is 1. The van der Waals surface area contributed by atoms with Crippen LogP contribution in [0, 0.1) is 6.92 Å². The molecule has 0 saturated carbocycles. The van der Waals surface area contributed by atoms with Crippen LogP contribution in [0.15, 0.2) is 53.5 Å². The Balaban J connectivity index is 1.93. The summed E-state index contributed by atoms with van der Waals surface area (Å²) < 4.78 is 0. The predicted molar refractivity (Wildman–Crippen MR) is 115 cm³/mol. The second kappa shape index (κ2) is 8.18. The summed E-state index contributed by atoms with van der Waals surface area (Å²) in [6, 6.07) is 12.8. The van der Waals surface area contributed by atoms with E-state index < -0.39 is 11.9 Å². The Morgan fingerprint density at radius 2 is 1.86 bits per heavy atom. The van der Waals surface area contributed by atoms with E-state index in [0.29, 0.717) is 11.1 Å². The van der Waals surface area contributed by atoms with Crippen LogP contribution in [0.2, 0.25) is 0 Å². The molecule has 0 radical (unpaired) electrons. The van der Waals surface area contributed by atoms with Crippen LogP contribution in [0.1, 0.15) is 12.5 Å². The van der Waals surface area contributed by atoms with Gasteiger partial charge in [-0.05, 0) is 42.5 Å². The molecule has 150 valence electrons. The smallest absolute Gasteiger partial charge is 0.255 e. The monoisotopic (exact) mass is 392 g/mol. The Bertz CT molecular complexity index is 1140. The lowest BCUT2D eigenvalue weighted by atomic mass is 9.97. The van der Waals surface area contributed by atoms with Gasteiger partial charge in [0.2, 0.25) is 11.8 Å². The molecule has 0 unspecified atom stereocenters. The van der Waals surface area contributed by atoms with Gasteiger partial charge in [-0.1, -0.05) is 30.3 Å². The number of carbonyl (C=O) groups excluding carboxylic acids is 2. The molecule has 0 aliphatic rings. The summed E-state index contributed by atoms with van der Waals surface area (Å²) in [5.41, 5.74) is 8.80. The van der Waals surface area contributed by atoms with Gasteiger partial charge in [-0.25, -0.2) is 0 Å². The number of H-pyrrole nitrogens is 1. The molecule has 29 heavy (non-hydrogen) atoms. The molecule has 3 rings (SSSR count). The molecule has 0 saturated heterocycles. The Labute approximate surface area is 168 Å². The zero-order valence-electron chi connectivity index (χ0n) is 16.7. The highest BCUT2D eigenvalue weighted by molar-refractivity contribution is 5.98. The van der Waals surface area contributed by atoms with E-state index in [-0.39, 0.29) is 18.0 Å². The van der Waals surface area contributed by atoms with Crippen molar-refractivity contribution in [1.82, 2.24) is 10.3 Å². The van der Waals surface area contributed by atoms with Gasteiger partial charge in [0.1, 0.15) is 6.04 Å². The Hall–Kier alpha value is -3.61. The van der Waals surface area contributed by atoms with Crippen LogP contribution in [-0.2, 0) is 9.59 Å². The second-order valence-electron chi connectivity index (χ2n) is 7.12. The van der Waals surface area contributed by atoms with E-state index in [0.717, 1.165) is 22.1 Å². The summed E-state index contributed by atoms with van der Waals surface area (Å²) in [5.74, 6) is -0.927. The SMILES string of the molecule is Cc1ccccc1-c1c[nH]c(=O)c2cc(N(C)CC(=O)N[C@@H](C)C(N)=O)ccc12. The normalized spacial score (nSPS) is 11.8. The van der Waals surface area contributed by atoms with E-state index in [9.17, 15) is 14.4 Å². The highest BCUT2D eigenvalue weighted by Gasteiger charge is 2.15. The number of rotatable bonds is 6. The van der Waals surface area contributed by atoms with Crippen LogP contribution in [-0.4, -0.2) is 36.4 Å². The average Bonchev–Trinajstić information content (AvgIpc) is 2.68. The summed E-state index contributed by atoms with van der Waals surface area (Å²) in [6.45, 7) is 3.58. The fraction of sp³-hybridized carbons (Fsp3) is 0.227. The number of nitrogens with two attached hydrogens (primary N) is 1. The number of nitrogens with zero attached hydrogens (tertiary/aromatic N) is 1. The molecule has 2 aromatic carbocycles. The van der Waals surface area contributed by atoms with Crippen LogP contribution >= 0.6 is 0 Å². The van der Waals surface area contributed by atoms with Gasteiger partial charge in [-0.15, -0.1) is 0 Å². The first-order valence-electron chi connectivity index (χ1n) is 9.29. The van der Waals surface area contributed by atoms with Crippen molar-refractivity contribution in [2.75, 3.05) is 18.5 Å². The Morgan fingerprint density at radius 1 is 1.14 bits per heavy atom. The van der Waals surface area contributed by atoms with Gasteiger partial charge in [0.25, 0.3) is 5.56 Å². The van der Waals surface area contributed by atoms with Gasteiger partial charge in [0.15, 0.2) is 0 Å². The fourth-order valence-corrected chi connectivity index (χ4v) is 3.25. The van der Waals surface area contributed by atoms with Gasteiger partial charge < -0.3 is 20.9 Å². The first kappa shape index (κ1) is 20.1. The van der Waals surface area contributed by atoms with Crippen molar-refractivity contribution in [3.63, 3.8) is 0 Å². The van der Waals surface area contributed by atoms with E-state index in [2.05, 4.69) is 10.3 Å². The summed E-state index contributed by atoms with van der Waals surface area (Å²) in [5, 5.41) is 3.92. The van der Waals surface area contributed by atoms with Gasteiger partial charge in [-0.3, -0.25) is 14.4 Å². The number of hydrogen-bond acceptors (Lipinski definition) is 4. The third-order valence-electron chi connectivity index (χ3n) is 4.95. The molecule has 4 N–H and O–H groups in total. The highest BCUT2D eigenvalue weighted by atomic mass is 16.2. The number of amides is 2. The molecule has 1 heterocycles. The van der Waals surface area contributed by atoms with Gasteiger partial charge in [0.05, 0.1) is 6.54 Å². The number of fused-ring (bicyclic) bond motifs is 1. The van der Waals surface area contributed by atoms with E-state index in [1.807, 2.05) is 43.3 Å². The Kier molecular flexibility index (Phi) is 5.68. The van der Waals surface area contributed by atoms with Gasteiger partial charge >= 0.3 is 0 Å². The Morgan fingerprint density at radius 3 is 2.55 bits per heavy atom. The van der Waals surface area contributed by atoms with E-state index in [1.165, 1.54) is 6.92 Å². The molecule has 1 aromatic heterocycles. The molecule has 1 atom stereocenters. The maximum atomic E-state index is 12.5. The lowest BCUT2D eigenvalue weighted by Gasteiger charge is -2.20. The summed E-state index contributed by atoms with van der Waals surface area (Å²) in [4.78, 5) is 40.2. The number of aryl methyl sites for hydroxylation is 1. The molecule has 0 aliphatic heterocycles. The zero-order chi connectivity index (χ0) is 21.1. The van der Waals surface area contributed by atoms with Crippen LogP contribution < -0.4 is 21.5 Å². The molecule has 7 nitrogen and oxygen atoms in total. The van der Waals surface area contributed by atoms with Crippen molar-refractivity contribution < 1.29 is 9.59 Å². The lowest BCUT2D eigenvalue weighted by molar-refractivity contribution is -0.126. The minimum atomic E-state index is -0.744. The number of hydrogen-bond donors (Lipinski definition) is 3. The predicted octanol–water partition coefficient (Wildman–Crippen LogP) is 1.93. The van der Waals surface area contributed by atoms with Gasteiger partial charge in [0, 0.05) is 29.9 Å². The van der Waals surface area contributed by atoms with Crippen molar-refractivity contribution in [2.45, 2.75) is 19.9 Å². The summed E-state index contributed by atoms with van der Waals surface area (Å²) >= 11 is 0. The quantitative estimate of drug-likeness (QED) is 0.596. The maximum Gasteiger partial charge on any atom is 0.255 e. The lowest BCUT2D eigenvalue weighted by Crippen LogP contribution is -2.45. The molecule has 3 aromatic rings. The fourth-order valence-electron chi connectivity index (χ4n) is 3.25. The number of primary amides is 1. The molecular weight excluding hydrogens is 368 g/mol. The molecule has 7 heteroatoms. The van der Waals surface area contributed by atoms with Crippen molar-refractivity contribution in [3.8, 4) is 11.1 Å². The molecular formula is C22H24N4O3. The average molecular weight is 392 g/mol. The first-order chi connectivity index (χ1) is 13.8. The molecule has 2 amide bonds. The van der Waals surface area contributed by atoms with Crippen LogP contribution in [0.4, 0.5) is 5.69 Å². The number of carbonyl (C=O) groups is 2. The summed E-state index contributed by atoms with van der Waals surface area (Å²) in [7, 11) is 1.75. The number of benzene rings is 2. The standard InChI is InChI=1S/C22H24N4O3/c1-13-6-4-5-7-16(13)19-11-24-22(29)18-10-15(8-9-17(18)19)26(3)12-20(27)25-14(2)21(23)28/h4-11,14H,12H2,1-3H3,(H2,23,28)(H,24,29)(H,25,27)/t14-/m0/s1. The topological polar surface area (TPSA) is 108 Å². The number of likely N-dealkylation sites (N-methyl/N-ethyl adjacent to an activating group) is 1. The van der Waals surface area contributed by atoms with Crippen LogP contribution in [0.5, 0.6) is 0 Å². The second-order valence-corrected chi connectivity index (χ2v) is 7.12. The van der Waals surface area contributed by atoms with Crippen molar-refractivity contribution in [2.24, 2.45) is 5.73 Å². The molecule has 0 aliphatic carbocycles. The van der Waals surface area contributed by atoms with Crippen LogP contribution in [0.25, 0.3) is 21.9 Å². The van der Waals surface area contributed by atoms with E-state index in [4.69, 9.17) is 5.73 Å². The first-order valence-corrected chi connectivity index (χ1v) is 9.29. The molecule has 0 bridgehead atoms. The number of nitrogens with one attached hydrogen (secondary N) is 2.